The Morgan fingerprint density at radius 3 is 1.96 bits per heavy atom. The number of amides is 2. The highest BCUT2D eigenvalue weighted by Gasteiger charge is 2.36. The van der Waals surface area contributed by atoms with Gasteiger partial charge in [-0.3, -0.25) is 24.4 Å². The van der Waals surface area contributed by atoms with Crippen LogP contribution in [0, 0.1) is 5.41 Å². The molecule has 0 spiro atoms. The van der Waals surface area contributed by atoms with Crippen LogP contribution < -0.4 is 10.6 Å². The second-order valence-electron chi connectivity index (χ2n) is 12.1. The summed E-state index contributed by atoms with van der Waals surface area (Å²) in [7, 11) is 0. The van der Waals surface area contributed by atoms with Crippen molar-refractivity contribution >= 4 is 23.5 Å². The monoisotopic (exact) mass is 615 g/mol. The Bertz CT molecular complexity index is 1750. The van der Waals surface area contributed by atoms with Crippen LogP contribution >= 0.6 is 0 Å². The highest BCUT2D eigenvalue weighted by atomic mass is 16.5. The number of esters is 1. The molecule has 5 aromatic rings. The molecule has 0 unspecified atom stereocenters. The Balaban J connectivity index is 1.38. The minimum atomic E-state index is -0.966. The van der Waals surface area contributed by atoms with Gasteiger partial charge in [0.15, 0.2) is 0 Å². The lowest BCUT2D eigenvalue weighted by Crippen LogP contribution is -2.53. The van der Waals surface area contributed by atoms with Gasteiger partial charge in [-0.05, 0) is 63.6 Å². The predicted molar refractivity (Wildman–Crippen MR) is 177 cm³/mol. The van der Waals surface area contributed by atoms with Crippen molar-refractivity contribution < 1.29 is 19.1 Å². The Hall–Kier alpha value is -5.57. The fraction of sp³-hybridized carbons (Fsp3) is 0.216. The standard InChI is InChI=1S/C37H37N5O4/c1-37(2,3)34(36(45)40-31-15-20-39-21-16-31)41-35(44)32(23-33(43)46-25-26-7-5-4-6-8-26)42-22-17-30(24-42)28-11-9-27(10-12-28)29-13-18-38-19-14-29/h4-22,24,32,34H,23,25H2,1-3H3,(H,41,44)(H,39,40,45)/t32-,34-/m1/s1. The number of nitrogens with one attached hydrogen (secondary N) is 2. The van der Waals surface area contributed by atoms with Crippen molar-refractivity contribution in [2.45, 2.75) is 45.9 Å². The van der Waals surface area contributed by atoms with Crippen LogP contribution in [0.1, 0.15) is 38.8 Å². The lowest BCUT2D eigenvalue weighted by atomic mass is 9.85. The molecular formula is C37H37N5O4. The summed E-state index contributed by atoms with van der Waals surface area (Å²) in [6.07, 6.45) is 10.0. The Labute approximate surface area is 268 Å². The SMILES string of the molecule is CC(C)(C)[C@H](NC(=O)[C@@H](CC(=O)OCc1ccccc1)n1ccc(-c2ccc(-c3ccncc3)cc2)c1)C(=O)Nc1ccncc1. The summed E-state index contributed by atoms with van der Waals surface area (Å²) in [5, 5.41) is 5.79. The zero-order valence-electron chi connectivity index (χ0n) is 26.1. The van der Waals surface area contributed by atoms with Gasteiger partial charge in [-0.15, -0.1) is 0 Å². The number of benzene rings is 2. The minimum absolute atomic E-state index is 0.0910. The second kappa shape index (κ2) is 14.5. The number of hydrogen-bond donors (Lipinski definition) is 2. The van der Waals surface area contributed by atoms with Crippen molar-refractivity contribution in [3.63, 3.8) is 0 Å². The number of hydrogen-bond acceptors (Lipinski definition) is 6. The zero-order valence-corrected chi connectivity index (χ0v) is 26.1. The molecule has 0 bridgehead atoms. The van der Waals surface area contributed by atoms with Gasteiger partial charge in [0.05, 0.1) is 6.42 Å². The average molecular weight is 616 g/mol. The van der Waals surface area contributed by atoms with Crippen LogP contribution in [-0.4, -0.2) is 38.4 Å². The van der Waals surface area contributed by atoms with Gasteiger partial charge in [0, 0.05) is 42.9 Å². The normalized spacial score (nSPS) is 12.5. The van der Waals surface area contributed by atoms with Crippen LogP contribution in [0.4, 0.5) is 5.69 Å². The summed E-state index contributed by atoms with van der Waals surface area (Å²) in [4.78, 5) is 48.6. The van der Waals surface area contributed by atoms with Crippen molar-refractivity contribution in [2.24, 2.45) is 5.41 Å². The van der Waals surface area contributed by atoms with Gasteiger partial charge >= 0.3 is 5.97 Å². The number of rotatable bonds is 11. The maximum absolute atomic E-state index is 14.0. The number of ether oxygens (including phenoxy) is 1. The van der Waals surface area contributed by atoms with Gasteiger partial charge in [0.25, 0.3) is 0 Å². The maximum Gasteiger partial charge on any atom is 0.308 e. The lowest BCUT2D eigenvalue weighted by Gasteiger charge is -2.32. The number of anilines is 1. The number of carbonyl (C=O) groups excluding carboxylic acids is 3. The average Bonchev–Trinajstić information content (AvgIpc) is 3.56. The molecule has 9 nitrogen and oxygen atoms in total. The molecule has 0 saturated carbocycles. The Morgan fingerprint density at radius 1 is 0.739 bits per heavy atom. The molecule has 0 aliphatic heterocycles. The van der Waals surface area contributed by atoms with Crippen molar-refractivity contribution in [2.75, 3.05) is 5.32 Å². The van der Waals surface area contributed by atoms with Gasteiger partial charge in [0.1, 0.15) is 18.7 Å². The van der Waals surface area contributed by atoms with Crippen molar-refractivity contribution in [1.29, 1.82) is 0 Å². The van der Waals surface area contributed by atoms with Crippen molar-refractivity contribution in [3.8, 4) is 22.3 Å². The lowest BCUT2D eigenvalue weighted by molar-refractivity contribution is -0.148. The molecule has 0 fully saturated rings. The van der Waals surface area contributed by atoms with E-state index in [9.17, 15) is 14.4 Å². The number of nitrogens with zero attached hydrogens (tertiary/aromatic N) is 3. The van der Waals surface area contributed by atoms with Gasteiger partial charge in [0.2, 0.25) is 11.8 Å². The first-order valence-corrected chi connectivity index (χ1v) is 15.1. The number of pyridine rings is 2. The van der Waals surface area contributed by atoms with E-state index >= 15 is 0 Å². The molecule has 0 saturated heterocycles. The van der Waals surface area contributed by atoms with Crippen LogP contribution in [0.25, 0.3) is 22.3 Å². The zero-order chi connectivity index (χ0) is 32.5. The first-order chi connectivity index (χ1) is 22.2. The third-order valence-corrected chi connectivity index (χ3v) is 7.57. The van der Waals surface area contributed by atoms with Crippen LogP contribution in [0.15, 0.2) is 122 Å². The van der Waals surface area contributed by atoms with Gasteiger partial charge in [-0.2, -0.15) is 0 Å². The van der Waals surface area contributed by atoms with E-state index in [2.05, 4.69) is 20.6 Å². The molecule has 9 heteroatoms. The third-order valence-electron chi connectivity index (χ3n) is 7.57. The molecule has 2 N–H and O–H groups in total. The quantitative estimate of drug-likeness (QED) is 0.165. The maximum atomic E-state index is 14.0. The highest BCUT2D eigenvalue weighted by Crippen LogP contribution is 2.28. The van der Waals surface area contributed by atoms with Gasteiger partial charge < -0.3 is 19.9 Å². The molecule has 3 aromatic heterocycles. The molecule has 234 valence electrons. The fourth-order valence-corrected chi connectivity index (χ4v) is 5.03. The summed E-state index contributed by atoms with van der Waals surface area (Å²) in [5.74, 6) is -1.38. The molecule has 0 radical (unpaired) electrons. The molecule has 0 aliphatic carbocycles. The van der Waals surface area contributed by atoms with E-state index in [1.54, 1.807) is 47.7 Å². The summed E-state index contributed by atoms with van der Waals surface area (Å²) >= 11 is 0. The summed E-state index contributed by atoms with van der Waals surface area (Å²) in [5.41, 5.74) is 4.72. The first kappa shape index (κ1) is 31.8. The van der Waals surface area contributed by atoms with E-state index in [0.29, 0.717) is 5.69 Å². The predicted octanol–water partition coefficient (Wildman–Crippen LogP) is 6.46. The Morgan fingerprint density at radius 2 is 1.33 bits per heavy atom. The molecule has 2 amide bonds. The van der Waals surface area contributed by atoms with Crippen LogP contribution in [-0.2, 0) is 25.7 Å². The third kappa shape index (κ3) is 8.32. The van der Waals surface area contributed by atoms with E-state index in [1.165, 1.54) is 0 Å². The number of aromatic nitrogens is 3. The molecule has 3 heterocycles. The minimum Gasteiger partial charge on any atom is -0.461 e. The first-order valence-electron chi connectivity index (χ1n) is 15.1. The molecule has 0 aliphatic rings. The van der Waals surface area contributed by atoms with Crippen molar-refractivity contribution in [3.05, 3.63) is 128 Å². The van der Waals surface area contributed by atoms with E-state index in [-0.39, 0.29) is 18.9 Å². The van der Waals surface area contributed by atoms with Gasteiger partial charge in [-0.25, -0.2) is 0 Å². The smallest absolute Gasteiger partial charge is 0.308 e. The van der Waals surface area contributed by atoms with E-state index in [4.69, 9.17) is 4.74 Å². The van der Waals surface area contributed by atoms with Crippen LogP contribution in [0.5, 0.6) is 0 Å². The van der Waals surface area contributed by atoms with Crippen LogP contribution in [0.2, 0.25) is 0 Å². The van der Waals surface area contributed by atoms with E-state index < -0.39 is 29.4 Å². The summed E-state index contributed by atoms with van der Waals surface area (Å²) in [6.45, 7) is 5.71. The number of carbonyl (C=O) groups is 3. The summed E-state index contributed by atoms with van der Waals surface area (Å²) < 4.78 is 7.25. The topological polar surface area (TPSA) is 115 Å². The molecule has 46 heavy (non-hydrogen) atoms. The fourth-order valence-electron chi connectivity index (χ4n) is 5.03. The van der Waals surface area contributed by atoms with Crippen LogP contribution in [0.3, 0.4) is 0 Å². The molecule has 5 rings (SSSR count). The highest BCUT2D eigenvalue weighted by molar-refractivity contribution is 5.98. The summed E-state index contributed by atoms with van der Waals surface area (Å²) in [6, 6.07) is 24.7. The van der Waals surface area contributed by atoms with Gasteiger partial charge in [-0.1, -0.05) is 75.4 Å². The second-order valence-corrected chi connectivity index (χ2v) is 12.1. The van der Waals surface area contributed by atoms with E-state index in [1.807, 2.05) is 99.8 Å². The Kier molecular flexibility index (Phi) is 10.0. The van der Waals surface area contributed by atoms with Crippen molar-refractivity contribution in [1.82, 2.24) is 19.9 Å². The van der Waals surface area contributed by atoms with E-state index in [0.717, 1.165) is 27.8 Å². The largest absolute Gasteiger partial charge is 0.461 e. The molecular weight excluding hydrogens is 578 g/mol. The molecule has 2 atom stereocenters. The molecule has 2 aromatic carbocycles.